The Labute approximate surface area is 180 Å². The third kappa shape index (κ3) is 3.91. The maximum Gasteiger partial charge on any atom is 0.129 e. The molecule has 160 valence electrons. The van der Waals surface area contributed by atoms with Crippen molar-refractivity contribution in [3.8, 4) is 0 Å². The van der Waals surface area contributed by atoms with Gasteiger partial charge in [-0.25, -0.2) is 0 Å². The molecule has 2 atom stereocenters. The zero-order valence-electron chi connectivity index (χ0n) is 18.4. The third-order valence-electron chi connectivity index (χ3n) is 6.99. The average Bonchev–Trinajstić information content (AvgIpc) is 3.05. The summed E-state index contributed by atoms with van der Waals surface area (Å²) in [4.78, 5) is 19.8. The molecule has 0 aromatic carbocycles. The van der Waals surface area contributed by atoms with Crippen LogP contribution in [-0.2, 0) is 6.42 Å². The molecule has 1 fully saturated rings. The van der Waals surface area contributed by atoms with Crippen LogP contribution in [0, 0.1) is 0 Å². The first kappa shape index (κ1) is 19.8. The molecule has 1 unspecified atom stereocenters. The lowest BCUT2D eigenvalue weighted by Gasteiger charge is -2.35. The van der Waals surface area contributed by atoms with E-state index >= 15 is 0 Å². The second kappa shape index (κ2) is 8.52. The Hall–Kier alpha value is -2.18. The van der Waals surface area contributed by atoms with Crippen molar-refractivity contribution in [3.63, 3.8) is 0 Å². The lowest BCUT2D eigenvalue weighted by Crippen LogP contribution is -2.42. The summed E-state index contributed by atoms with van der Waals surface area (Å²) < 4.78 is 0. The molecule has 1 aliphatic carbocycles. The van der Waals surface area contributed by atoms with Crippen LogP contribution in [0.25, 0.3) is 0 Å². The Morgan fingerprint density at radius 1 is 1.17 bits per heavy atom. The van der Waals surface area contributed by atoms with Crippen LogP contribution < -0.4 is 0 Å². The number of nitrogens with zero attached hydrogens (tertiary/aromatic N) is 6. The number of amidine groups is 1. The molecule has 0 bridgehead atoms. The number of pyridine rings is 1. The number of hydrogen-bond donors (Lipinski definition) is 0. The Morgan fingerprint density at radius 3 is 3.03 bits per heavy atom. The highest BCUT2D eigenvalue weighted by atomic mass is 15.4. The minimum atomic E-state index is 0.305. The van der Waals surface area contributed by atoms with Crippen LogP contribution >= 0.6 is 0 Å². The van der Waals surface area contributed by atoms with Crippen molar-refractivity contribution in [1.82, 2.24) is 24.6 Å². The summed E-state index contributed by atoms with van der Waals surface area (Å²) in [5.41, 5.74) is 2.71. The molecular formula is C24H34N6. The maximum absolute atomic E-state index is 5.10. The number of allylic oxidation sites excluding steroid dienone is 2. The maximum atomic E-state index is 5.10. The van der Waals surface area contributed by atoms with Gasteiger partial charge in [0.15, 0.2) is 0 Å². The number of likely N-dealkylation sites (N-methyl/N-ethyl adjacent to an activating group) is 2. The van der Waals surface area contributed by atoms with Crippen LogP contribution in [0.2, 0.25) is 0 Å². The minimum Gasteiger partial charge on any atom is -0.357 e. The number of fused-ring (bicyclic) bond motifs is 2. The van der Waals surface area contributed by atoms with Crippen molar-refractivity contribution in [2.24, 2.45) is 4.99 Å². The van der Waals surface area contributed by atoms with E-state index in [4.69, 9.17) is 9.98 Å². The van der Waals surface area contributed by atoms with Gasteiger partial charge in [0.1, 0.15) is 11.7 Å². The van der Waals surface area contributed by atoms with Gasteiger partial charge in [0.2, 0.25) is 0 Å². The largest absolute Gasteiger partial charge is 0.357 e. The highest BCUT2D eigenvalue weighted by molar-refractivity contribution is 5.96. The summed E-state index contributed by atoms with van der Waals surface area (Å²) in [6.07, 6.45) is 13.4. The summed E-state index contributed by atoms with van der Waals surface area (Å²) in [5, 5.41) is 0. The van der Waals surface area contributed by atoms with Gasteiger partial charge in [-0.05, 0) is 70.1 Å². The van der Waals surface area contributed by atoms with E-state index in [0.29, 0.717) is 12.1 Å². The molecule has 4 heterocycles. The van der Waals surface area contributed by atoms with Gasteiger partial charge >= 0.3 is 0 Å². The van der Waals surface area contributed by atoms with Crippen molar-refractivity contribution in [2.45, 2.75) is 37.8 Å². The van der Waals surface area contributed by atoms with Gasteiger partial charge in [-0.1, -0.05) is 12.1 Å². The van der Waals surface area contributed by atoms with E-state index in [1.807, 2.05) is 6.20 Å². The number of rotatable bonds is 4. The average molecular weight is 407 g/mol. The molecule has 6 nitrogen and oxygen atoms in total. The first-order chi connectivity index (χ1) is 14.7. The molecule has 3 aliphatic heterocycles. The smallest absolute Gasteiger partial charge is 0.129 e. The van der Waals surface area contributed by atoms with Gasteiger partial charge in [0.25, 0.3) is 0 Å². The Kier molecular flexibility index (Phi) is 5.61. The first-order valence-electron chi connectivity index (χ1n) is 11.5. The van der Waals surface area contributed by atoms with Gasteiger partial charge in [-0.2, -0.15) is 0 Å². The molecule has 1 aromatic rings. The number of aromatic nitrogens is 1. The van der Waals surface area contributed by atoms with Crippen molar-refractivity contribution in [1.29, 1.82) is 0 Å². The minimum absolute atomic E-state index is 0.305. The topological polar surface area (TPSA) is 38.2 Å². The zero-order valence-corrected chi connectivity index (χ0v) is 18.4. The summed E-state index contributed by atoms with van der Waals surface area (Å²) >= 11 is 0. The SMILES string of the molecule is CN1CCCN(C2=CC=CC3=NC(CN(C)[C@H]4CCCc5cccnc54)CN23)CC1. The Bertz CT molecular complexity index is 859. The molecule has 6 heteroatoms. The number of hydrogen-bond acceptors (Lipinski definition) is 6. The van der Waals surface area contributed by atoms with Crippen molar-refractivity contribution in [3.05, 3.63) is 53.6 Å². The third-order valence-corrected chi connectivity index (χ3v) is 6.99. The van der Waals surface area contributed by atoms with E-state index < -0.39 is 0 Å². The molecule has 4 aliphatic rings. The highest BCUT2D eigenvalue weighted by Crippen LogP contribution is 2.33. The fourth-order valence-corrected chi connectivity index (χ4v) is 5.38. The predicted octanol–water partition coefficient (Wildman–Crippen LogP) is 2.52. The molecule has 30 heavy (non-hydrogen) atoms. The van der Waals surface area contributed by atoms with Crippen molar-refractivity contribution in [2.75, 3.05) is 53.4 Å². The second-order valence-corrected chi connectivity index (χ2v) is 9.17. The molecule has 0 amide bonds. The molecule has 1 aromatic heterocycles. The van der Waals surface area contributed by atoms with Crippen LogP contribution in [0.4, 0.5) is 0 Å². The Balaban J connectivity index is 1.26. The second-order valence-electron chi connectivity index (χ2n) is 9.17. The molecule has 0 radical (unpaired) electrons. The lowest BCUT2D eigenvalue weighted by molar-refractivity contribution is 0.198. The van der Waals surface area contributed by atoms with E-state index in [0.717, 1.165) is 45.0 Å². The fourth-order valence-electron chi connectivity index (χ4n) is 5.38. The molecule has 1 saturated heterocycles. The van der Waals surface area contributed by atoms with Gasteiger partial charge in [0, 0.05) is 38.9 Å². The monoisotopic (exact) mass is 406 g/mol. The van der Waals surface area contributed by atoms with Gasteiger partial charge in [-0.15, -0.1) is 0 Å². The van der Waals surface area contributed by atoms with E-state index in [2.05, 4.69) is 64.1 Å². The summed E-state index contributed by atoms with van der Waals surface area (Å²) in [6, 6.07) is 5.04. The van der Waals surface area contributed by atoms with Gasteiger partial charge < -0.3 is 14.7 Å². The molecule has 0 saturated carbocycles. The van der Waals surface area contributed by atoms with E-state index in [1.54, 1.807) is 0 Å². The fraction of sp³-hybridized carbons (Fsp3) is 0.583. The van der Waals surface area contributed by atoms with Crippen LogP contribution in [0.1, 0.15) is 36.6 Å². The highest BCUT2D eigenvalue weighted by Gasteiger charge is 2.33. The zero-order chi connectivity index (χ0) is 20.5. The lowest BCUT2D eigenvalue weighted by atomic mass is 9.91. The number of aliphatic imine (C=N–C) groups is 1. The van der Waals surface area contributed by atoms with Crippen molar-refractivity contribution >= 4 is 5.84 Å². The van der Waals surface area contributed by atoms with E-state index in [9.17, 15) is 0 Å². The summed E-state index contributed by atoms with van der Waals surface area (Å²) in [5.74, 6) is 2.46. The summed E-state index contributed by atoms with van der Waals surface area (Å²) in [7, 11) is 4.48. The van der Waals surface area contributed by atoms with Crippen LogP contribution in [-0.4, -0.2) is 89.8 Å². The van der Waals surface area contributed by atoms with Crippen molar-refractivity contribution < 1.29 is 0 Å². The van der Waals surface area contributed by atoms with Crippen LogP contribution in [0.3, 0.4) is 0 Å². The first-order valence-corrected chi connectivity index (χ1v) is 11.5. The molecular weight excluding hydrogens is 372 g/mol. The standard InChI is InChI=1S/C24H34N6/c1-27-13-6-14-29(16-15-27)23-11-4-10-22-26-20(18-30(22)23)17-28(2)21-9-3-7-19-8-5-12-25-24(19)21/h4-5,8,10-12,20-21H,3,6-7,9,13-18H2,1-2H3/t20?,21-/m0/s1. The Morgan fingerprint density at radius 2 is 2.10 bits per heavy atom. The van der Waals surface area contributed by atoms with E-state index in [-0.39, 0.29) is 0 Å². The van der Waals surface area contributed by atoms with Gasteiger partial charge in [-0.3, -0.25) is 14.9 Å². The number of aryl methyl sites for hydroxylation is 1. The molecule has 0 spiro atoms. The van der Waals surface area contributed by atoms with Crippen LogP contribution in [0.15, 0.2) is 47.4 Å². The quantitative estimate of drug-likeness (QED) is 0.768. The van der Waals surface area contributed by atoms with Crippen LogP contribution in [0.5, 0.6) is 0 Å². The van der Waals surface area contributed by atoms with Gasteiger partial charge in [0.05, 0.1) is 17.8 Å². The molecule has 0 N–H and O–H groups in total. The summed E-state index contributed by atoms with van der Waals surface area (Å²) in [6.45, 7) is 6.49. The normalized spacial score (nSPS) is 26.9. The van der Waals surface area contributed by atoms with E-state index in [1.165, 1.54) is 42.9 Å². The predicted molar refractivity (Wildman–Crippen MR) is 121 cm³/mol. The molecule has 5 rings (SSSR count).